The van der Waals surface area contributed by atoms with E-state index in [9.17, 15) is 9.59 Å². The molecule has 4 heterocycles. The topological polar surface area (TPSA) is 105 Å². The molecule has 0 bridgehead atoms. The number of rotatable bonds is 5. The third-order valence-corrected chi connectivity index (χ3v) is 6.13. The Balaban J connectivity index is 1.37. The first-order chi connectivity index (χ1) is 14.5. The molecule has 0 unspecified atom stereocenters. The average molecular weight is 430 g/mol. The average Bonchev–Trinajstić information content (AvgIpc) is 3.48. The molecule has 4 rings (SSSR count). The molecule has 3 aromatic heterocycles. The number of aromatic amines is 1. The summed E-state index contributed by atoms with van der Waals surface area (Å²) in [6.45, 7) is 6.64. The van der Waals surface area contributed by atoms with Crippen LogP contribution in [0, 0.1) is 13.8 Å². The fourth-order valence-electron chi connectivity index (χ4n) is 3.66. The summed E-state index contributed by atoms with van der Waals surface area (Å²) in [5.74, 6) is 0.624. The molecule has 1 N–H and O–H groups in total. The van der Waals surface area contributed by atoms with Crippen molar-refractivity contribution in [2.45, 2.75) is 20.4 Å². The highest BCUT2D eigenvalue weighted by Crippen LogP contribution is 2.23. The maximum atomic E-state index is 13.0. The molecule has 9 nitrogen and oxygen atoms in total. The van der Waals surface area contributed by atoms with Crippen LogP contribution in [-0.4, -0.2) is 70.1 Å². The van der Waals surface area contributed by atoms with Crippen LogP contribution in [0.4, 0.5) is 0 Å². The number of amides is 1. The summed E-state index contributed by atoms with van der Waals surface area (Å²) in [5.41, 5.74) is 2.13. The van der Waals surface area contributed by atoms with Gasteiger partial charge in [-0.25, -0.2) is 4.79 Å². The number of methoxy groups -OCH3 is 1. The predicted molar refractivity (Wildman–Crippen MR) is 110 cm³/mol. The summed E-state index contributed by atoms with van der Waals surface area (Å²) in [6, 6.07) is 3.91. The number of piperazine rings is 1. The van der Waals surface area contributed by atoms with Gasteiger partial charge in [0.1, 0.15) is 5.69 Å². The van der Waals surface area contributed by atoms with E-state index in [2.05, 4.69) is 20.0 Å². The van der Waals surface area contributed by atoms with Gasteiger partial charge in [-0.05, 0) is 30.9 Å². The molecule has 0 radical (unpaired) electrons. The van der Waals surface area contributed by atoms with E-state index in [1.807, 2.05) is 17.5 Å². The number of carbonyl (C=O) groups is 2. The Bertz CT molecular complexity index is 1050. The summed E-state index contributed by atoms with van der Waals surface area (Å²) < 4.78 is 10.2. The zero-order valence-electron chi connectivity index (χ0n) is 17.1. The van der Waals surface area contributed by atoms with Crippen molar-refractivity contribution in [3.8, 4) is 10.7 Å². The van der Waals surface area contributed by atoms with Crippen LogP contribution in [0.1, 0.15) is 38.0 Å². The van der Waals surface area contributed by atoms with E-state index in [0.29, 0.717) is 67.0 Å². The molecule has 0 aliphatic carbocycles. The number of H-pyrrole nitrogens is 1. The first kappa shape index (κ1) is 20.3. The molecule has 30 heavy (non-hydrogen) atoms. The predicted octanol–water partition coefficient (Wildman–Crippen LogP) is 2.49. The molecule has 1 fully saturated rings. The van der Waals surface area contributed by atoms with E-state index in [4.69, 9.17) is 9.26 Å². The van der Waals surface area contributed by atoms with E-state index >= 15 is 0 Å². The van der Waals surface area contributed by atoms with Gasteiger partial charge in [0.25, 0.3) is 5.91 Å². The first-order valence-corrected chi connectivity index (χ1v) is 10.5. The molecule has 10 heteroatoms. The van der Waals surface area contributed by atoms with E-state index in [0.717, 1.165) is 4.88 Å². The standard InChI is InChI=1S/C20H23N5O4S/c1-12-16(20(27)28-3)13(2)21-17(12)19(26)25-8-6-24(7-9-25)11-15-22-18(23-29-15)14-5-4-10-30-14/h4-5,10,21H,6-9,11H2,1-3H3. The lowest BCUT2D eigenvalue weighted by molar-refractivity contribution is 0.0599. The SMILES string of the molecule is COC(=O)c1c(C)[nH]c(C(=O)N2CCN(Cc3nc(-c4cccs4)no3)CC2)c1C. The number of nitrogens with zero attached hydrogens (tertiary/aromatic N) is 4. The lowest BCUT2D eigenvalue weighted by Gasteiger charge is -2.33. The zero-order valence-corrected chi connectivity index (χ0v) is 17.9. The van der Waals surface area contributed by atoms with Crippen LogP contribution in [-0.2, 0) is 11.3 Å². The van der Waals surface area contributed by atoms with Gasteiger partial charge in [0.15, 0.2) is 0 Å². The van der Waals surface area contributed by atoms with Gasteiger partial charge in [-0.1, -0.05) is 11.2 Å². The third-order valence-electron chi connectivity index (χ3n) is 5.27. The Morgan fingerprint density at radius 1 is 1.27 bits per heavy atom. The van der Waals surface area contributed by atoms with Gasteiger partial charge in [-0.3, -0.25) is 9.69 Å². The molecule has 158 valence electrons. The monoisotopic (exact) mass is 429 g/mol. The number of aryl methyl sites for hydroxylation is 1. The van der Waals surface area contributed by atoms with Crippen LogP contribution in [0.15, 0.2) is 22.0 Å². The normalized spacial score (nSPS) is 14.8. The lowest BCUT2D eigenvalue weighted by Crippen LogP contribution is -2.48. The molecule has 0 spiro atoms. The Hall–Kier alpha value is -2.98. The molecule has 0 saturated carbocycles. The van der Waals surface area contributed by atoms with Crippen LogP contribution < -0.4 is 0 Å². The number of hydrogen-bond donors (Lipinski definition) is 1. The van der Waals surface area contributed by atoms with E-state index in [1.165, 1.54) is 7.11 Å². The highest BCUT2D eigenvalue weighted by molar-refractivity contribution is 7.13. The third kappa shape index (κ3) is 3.88. The summed E-state index contributed by atoms with van der Waals surface area (Å²) in [4.78, 5) is 37.4. The fraction of sp³-hybridized carbons (Fsp3) is 0.400. The molecule has 1 amide bonds. The fourth-order valence-corrected chi connectivity index (χ4v) is 4.30. The molecular weight excluding hydrogens is 406 g/mol. The minimum absolute atomic E-state index is 0.108. The van der Waals surface area contributed by atoms with Gasteiger partial charge in [-0.2, -0.15) is 4.98 Å². The first-order valence-electron chi connectivity index (χ1n) is 9.63. The highest BCUT2D eigenvalue weighted by Gasteiger charge is 2.28. The second-order valence-electron chi connectivity index (χ2n) is 7.17. The van der Waals surface area contributed by atoms with Gasteiger partial charge >= 0.3 is 5.97 Å². The largest absolute Gasteiger partial charge is 0.465 e. The number of thiophene rings is 1. The molecule has 1 saturated heterocycles. The smallest absolute Gasteiger partial charge is 0.339 e. The second kappa shape index (κ2) is 8.41. The van der Waals surface area contributed by atoms with Crippen LogP contribution in [0.25, 0.3) is 10.7 Å². The number of carbonyl (C=O) groups excluding carboxylic acids is 2. The summed E-state index contributed by atoms with van der Waals surface area (Å²) in [7, 11) is 1.34. The van der Waals surface area contributed by atoms with E-state index < -0.39 is 5.97 Å². The van der Waals surface area contributed by atoms with Gasteiger partial charge in [-0.15, -0.1) is 11.3 Å². The van der Waals surface area contributed by atoms with Crippen LogP contribution in [0.3, 0.4) is 0 Å². The van der Waals surface area contributed by atoms with E-state index in [-0.39, 0.29) is 5.91 Å². The summed E-state index contributed by atoms with van der Waals surface area (Å²) >= 11 is 1.57. The van der Waals surface area contributed by atoms with Crippen molar-refractivity contribution in [2.75, 3.05) is 33.3 Å². The number of esters is 1. The molecule has 3 aromatic rings. The van der Waals surface area contributed by atoms with Crippen molar-refractivity contribution in [2.24, 2.45) is 0 Å². The molecular formula is C20H23N5O4S. The molecule has 1 aliphatic heterocycles. The maximum Gasteiger partial charge on any atom is 0.339 e. The minimum atomic E-state index is -0.438. The summed E-state index contributed by atoms with van der Waals surface area (Å²) in [6.07, 6.45) is 0. The van der Waals surface area contributed by atoms with Crippen LogP contribution in [0.5, 0.6) is 0 Å². The van der Waals surface area contributed by atoms with E-state index in [1.54, 1.807) is 30.1 Å². The quantitative estimate of drug-likeness (QED) is 0.621. The number of aromatic nitrogens is 3. The van der Waals surface area contributed by atoms with Gasteiger partial charge in [0.05, 0.1) is 24.1 Å². The second-order valence-corrected chi connectivity index (χ2v) is 8.12. The van der Waals surface area contributed by atoms with Crippen molar-refractivity contribution in [3.05, 3.63) is 45.9 Å². The van der Waals surface area contributed by atoms with Crippen molar-refractivity contribution < 1.29 is 18.8 Å². The van der Waals surface area contributed by atoms with Crippen molar-refractivity contribution >= 4 is 23.2 Å². The Morgan fingerprint density at radius 3 is 2.70 bits per heavy atom. The zero-order chi connectivity index (χ0) is 21.3. The van der Waals surface area contributed by atoms with Crippen LogP contribution >= 0.6 is 11.3 Å². The molecule has 1 aliphatic rings. The Kier molecular flexibility index (Phi) is 5.69. The van der Waals surface area contributed by atoms with Gasteiger partial charge < -0.3 is 19.1 Å². The van der Waals surface area contributed by atoms with Crippen LogP contribution in [0.2, 0.25) is 0 Å². The van der Waals surface area contributed by atoms with Gasteiger partial charge in [0, 0.05) is 31.9 Å². The van der Waals surface area contributed by atoms with Crippen molar-refractivity contribution in [1.29, 1.82) is 0 Å². The number of hydrogen-bond acceptors (Lipinski definition) is 8. The summed E-state index contributed by atoms with van der Waals surface area (Å²) in [5, 5.41) is 6.01. The number of nitrogens with one attached hydrogen (secondary N) is 1. The lowest BCUT2D eigenvalue weighted by atomic mass is 10.1. The minimum Gasteiger partial charge on any atom is -0.465 e. The maximum absolute atomic E-state index is 13.0. The highest BCUT2D eigenvalue weighted by atomic mass is 32.1. The Morgan fingerprint density at radius 2 is 2.03 bits per heavy atom. The van der Waals surface area contributed by atoms with Crippen molar-refractivity contribution in [1.82, 2.24) is 24.9 Å². The number of ether oxygens (including phenoxy) is 1. The molecule has 0 atom stereocenters. The van der Waals surface area contributed by atoms with Crippen molar-refractivity contribution in [3.63, 3.8) is 0 Å². The Labute approximate surface area is 177 Å². The molecule has 0 aromatic carbocycles. The van der Waals surface area contributed by atoms with Gasteiger partial charge in [0.2, 0.25) is 11.7 Å².